The first kappa shape index (κ1) is 15.8. The summed E-state index contributed by atoms with van der Waals surface area (Å²) in [6.07, 6.45) is 0. The van der Waals surface area contributed by atoms with Gasteiger partial charge in [-0.2, -0.15) is 0 Å². The van der Waals surface area contributed by atoms with E-state index >= 15 is 0 Å². The van der Waals surface area contributed by atoms with E-state index in [-0.39, 0.29) is 25.0 Å². The monoisotopic (exact) mass is 305 g/mol. The average Bonchev–Trinajstić information content (AvgIpc) is 2.52. The number of benzene rings is 1. The molecular weight excluding hydrogens is 286 g/mol. The molecule has 1 saturated heterocycles. The van der Waals surface area contributed by atoms with Crippen molar-refractivity contribution in [1.82, 2.24) is 9.80 Å². The summed E-state index contributed by atoms with van der Waals surface area (Å²) in [5.74, 6) is -0.476. The third-order valence-corrected chi connectivity index (χ3v) is 3.57. The first-order chi connectivity index (χ1) is 10.5. The zero-order valence-electron chi connectivity index (χ0n) is 12.4. The Labute approximate surface area is 128 Å². The lowest BCUT2D eigenvalue weighted by atomic mass is 10.1. The molecule has 0 radical (unpaired) electrons. The Morgan fingerprint density at radius 1 is 1.23 bits per heavy atom. The molecule has 0 saturated carbocycles. The predicted octanol–water partition coefficient (Wildman–Crippen LogP) is -0.390. The maximum atomic E-state index is 12.2. The predicted molar refractivity (Wildman–Crippen MR) is 78.9 cm³/mol. The Kier molecular flexibility index (Phi) is 4.98. The molecule has 22 heavy (non-hydrogen) atoms. The van der Waals surface area contributed by atoms with Crippen molar-refractivity contribution in [1.29, 1.82) is 0 Å². The molecule has 2 N–H and O–H groups in total. The van der Waals surface area contributed by atoms with Gasteiger partial charge < -0.3 is 20.3 Å². The lowest BCUT2D eigenvalue weighted by Crippen LogP contribution is -2.61. The zero-order valence-corrected chi connectivity index (χ0v) is 12.4. The lowest BCUT2D eigenvalue weighted by Gasteiger charge is -2.39. The topological polar surface area (TPSA) is 92.9 Å². The summed E-state index contributed by atoms with van der Waals surface area (Å²) in [5, 5.41) is 0. The summed E-state index contributed by atoms with van der Waals surface area (Å²) in [5.41, 5.74) is 5.32. The maximum Gasteiger partial charge on any atom is 0.260 e. The third-order valence-electron chi connectivity index (χ3n) is 3.57. The summed E-state index contributed by atoms with van der Waals surface area (Å²) in [4.78, 5) is 38.0. The number of nitrogens with zero attached hydrogens (tertiary/aromatic N) is 2. The molecular formula is C15H19N3O4. The van der Waals surface area contributed by atoms with Gasteiger partial charge in [0.05, 0.1) is 6.54 Å². The molecule has 1 aliphatic rings. The Morgan fingerprint density at radius 2 is 1.91 bits per heavy atom. The highest BCUT2D eigenvalue weighted by Gasteiger charge is 2.34. The lowest BCUT2D eigenvalue weighted by molar-refractivity contribution is -0.147. The first-order valence-corrected chi connectivity index (χ1v) is 7.01. The molecule has 2 rings (SSSR count). The number of amides is 3. The molecule has 7 heteroatoms. The van der Waals surface area contributed by atoms with E-state index in [1.54, 1.807) is 12.1 Å². The van der Waals surface area contributed by atoms with Crippen LogP contribution in [0.25, 0.3) is 0 Å². The Hall–Kier alpha value is -2.57. The van der Waals surface area contributed by atoms with Gasteiger partial charge in [-0.3, -0.25) is 14.4 Å². The van der Waals surface area contributed by atoms with Crippen molar-refractivity contribution in [2.75, 3.05) is 26.2 Å². The minimum Gasteiger partial charge on any atom is -0.484 e. The van der Waals surface area contributed by atoms with Crippen molar-refractivity contribution in [2.45, 2.75) is 13.0 Å². The quantitative estimate of drug-likeness (QED) is 0.820. The van der Waals surface area contributed by atoms with E-state index in [9.17, 15) is 14.4 Å². The highest BCUT2D eigenvalue weighted by atomic mass is 16.5. The third kappa shape index (κ3) is 3.75. The minimum absolute atomic E-state index is 0.103. The molecule has 0 bridgehead atoms. The van der Waals surface area contributed by atoms with Gasteiger partial charge in [-0.05, 0) is 12.1 Å². The molecule has 1 aromatic carbocycles. The number of para-hydroxylation sites is 1. The van der Waals surface area contributed by atoms with Crippen molar-refractivity contribution in [3.05, 3.63) is 30.3 Å². The smallest absolute Gasteiger partial charge is 0.260 e. The van der Waals surface area contributed by atoms with Gasteiger partial charge in [-0.25, -0.2) is 0 Å². The molecule has 3 amide bonds. The molecule has 0 aliphatic carbocycles. The molecule has 0 aromatic heterocycles. The van der Waals surface area contributed by atoms with Gasteiger partial charge in [0, 0.05) is 20.0 Å². The van der Waals surface area contributed by atoms with Crippen LogP contribution in [0, 0.1) is 0 Å². The van der Waals surface area contributed by atoms with Crippen molar-refractivity contribution >= 4 is 17.7 Å². The number of nitrogens with two attached hydrogens (primary N) is 1. The summed E-state index contributed by atoms with van der Waals surface area (Å²) in [6.45, 7) is 2.02. The molecule has 1 heterocycles. The van der Waals surface area contributed by atoms with Crippen molar-refractivity contribution < 1.29 is 19.1 Å². The number of hydrogen-bond acceptors (Lipinski definition) is 4. The first-order valence-electron chi connectivity index (χ1n) is 7.01. The fourth-order valence-electron chi connectivity index (χ4n) is 2.38. The van der Waals surface area contributed by atoms with E-state index in [2.05, 4.69) is 0 Å². The van der Waals surface area contributed by atoms with E-state index in [1.165, 1.54) is 16.7 Å². The normalized spacial score (nSPS) is 18.0. The number of carbonyl (C=O) groups is 3. The second-order valence-corrected chi connectivity index (χ2v) is 5.07. The van der Waals surface area contributed by atoms with Crippen molar-refractivity contribution in [2.24, 2.45) is 5.73 Å². The Morgan fingerprint density at radius 3 is 2.50 bits per heavy atom. The van der Waals surface area contributed by atoms with Crippen LogP contribution in [0.4, 0.5) is 0 Å². The van der Waals surface area contributed by atoms with Crippen LogP contribution in [-0.4, -0.2) is 59.8 Å². The standard InChI is InChI=1S/C15H19N3O4/c1-11(19)18-8-7-17(9-13(18)15(16)21)14(20)10-22-12-5-3-2-4-6-12/h2-6,13H,7-10H2,1H3,(H2,16,21)/t13-/m1/s1. The fraction of sp³-hybridized carbons (Fsp3) is 0.400. The number of piperazine rings is 1. The largest absolute Gasteiger partial charge is 0.484 e. The van der Waals surface area contributed by atoms with Crippen molar-refractivity contribution in [3.8, 4) is 5.75 Å². The van der Waals surface area contributed by atoms with E-state index in [0.717, 1.165) is 0 Å². The number of ether oxygens (including phenoxy) is 1. The summed E-state index contributed by atoms with van der Waals surface area (Å²) in [6, 6.07) is 8.21. The second-order valence-electron chi connectivity index (χ2n) is 5.07. The molecule has 0 spiro atoms. The van der Waals surface area contributed by atoms with Gasteiger partial charge in [0.1, 0.15) is 11.8 Å². The number of carbonyl (C=O) groups excluding carboxylic acids is 3. The van der Waals surface area contributed by atoms with Crippen LogP contribution in [0.15, 0.2) is 30.3 Å². The molecule has 1 aliphatic heterocycles. The number of hydrogen-bond donors (Lipinski definition) is 1. The van der Waals surface area contributed by atoms with Crippen LogP contribution in [0.5, 0.6) is 5.75 Å². The molecule has 1 atom stereocenters. The molecule has 1 aromatic rings. The van der Waals surface area contributed by atoms with Crippen LogP contribution in [0.1, 0.15) is 6.92 Å². The van der Waals surface area contributed by atoms with Crippen LogP contribution >= 0.6 is 0 Å². The average molecular weight is 305 g/mol. The van der Waals surface area contributed by atoms with Crippen LogP contribution in [-0.2, 0) is 14.4 Å². The Bertz CT molecular complexity index is 561. The summed E-state index contributed by atoms with van der Waals surface area (Å²) in [7, 11) is 0. The van der Waals surface area contributed by atoms with E-state index in [0.29, 0.717) is 18.8 Å². The van der Waals surface area contributed by atoms with Gasteiger partial charge in [-0.15, -0.1) is 0 Å². The summed E-state index contributed by atoms with van der Waals surface area (Å²) >= 11 is 0. The second kappa shape index (κ2) is 6.93. The molecule has 118 valence electrons. The fourth-order valence-corrected chi connectivity index (χ4v) is 2.38. The summed E-state index contributed by atoms with van der Waals surface area (Å²) < 4.78 is 5.40. The SMILES string of the molecule is CC(=O)N1CCN(C(=O)COc2ccccc2)C[C@@H]1C(N)=O. The van der Waals surface area contributed by atoms with Gasteiger partial charge in [-0.1, -0.05) is 18.2 Å². The van der Waals surface area contributed by atoms with Crippen LogP contribution in [0.3, 0.4) is 0 Å². The highest BCUT2D eigenvalue weighted by Crippen LogP contribution is 2.12. The van der Waals surface area contributed by atoms with Gasteiger partial charge in [0.25, 0.3) is 5.91 Å². The van der Waals surface area contributed by atoms with Crippen LogP contribution in [0.2, 0.25) is 0 Å². The van der Waals surface area contributed by atoms with E-state index in [4.69, 9.17) is 10.5 Å². The number of rotatable bonds is 4. The Balaban J connectivity index is 1.94. The molecule has 7 nitrogen and oxygen atoms in total. The highest BCUT2D eigenvalue weighted by molar-refractivity contribution is 5.87. The van der Waals surface area contributed by atoms with E-state index in [1.807, 2.05) is 18.2 Å². The van der Waals surface area contributed by atoms with Crippen molar-refractivity contribution in [3.63, 3.8) is 0 Å². The van der Waals surface area contributed by atoms with Gasteiger partial charge in [0.2, 0.25) is 11.8 Å². The van der Waals surface area contributed by atoms with Crippen LogP contribution < -0.4 is 10.5 Å². The minimum atomic E-state index is -0.785. The van der Waals surface area contributed by atoms with E-state index < -0.39 is 11.9 Å². The number of primary amides is 1. The van der Waals surface area contributed by atoms with Gasteiger partial charge >= 0.3 is 0 Å². The molecule has 0 unspecified atom stereocenters. The molecule has 1 fully saturated rings. The zero-order chi connectivity index (χ0) is 16.1. The maximum absolute atomic E-state index is 12.2. The van der Waals surface area contributed by atoms with Gasteiger partial charge in [0.15, 0.2) is 6.61 Å².